The highest BCUT2D eigenvalue weighted by atomic mass is 19.1. The van der Waals surface area contributed by atoms with Crippen LogP contribution in [0.3, 0.4) is 0 Å². The van der Waals surface area contributed by atoms with Crippen LogP contribution in [-0.4, -0.2) is 66.1 Å². The molecule has 0 radical (unpaired) electrons. The molecule has 2 aromatic carbocycles. The normalized spacial score (nSPS) is 13.8. The molecule has 1 saturated heterocycles. The molecular weight excluding hydrogens is 485 g/mol. The first-order valence-corrected chi connectivity index (χ1v) is 12.2. The Morgan fingerprint density at radius 2 is 1.92 bits per heavy atom. The zero-order valence-electron chi connectivity index (χ0n) is 21.2. The monoisotopic (exact) mass is 513 g/mol. The van der Waals surface area contributed by atoms with E-state index in [9.17, 15) is 9.18 Å². The fourth-order valence-corrected chi connectivity index (χ4v) is 4.46. The summed E-state index contributed by atoms with van der Waals surface area (Å²) in [5.74, 6) is 0.153. The van der Waals surface area contributed by atoms with Gasteiger partial charge in [0.1, 0.15) is 11.6 Å². The summed E-state index contributed by atoms with van der Waals surface area (Å²) in [6.45, 7) is 7.02. The van der Waals surface area contributed by atoms with Crippen molar-refractivity contribution in [2.75, 3.05) is 55.9 Å². The van der Waals surface area contributed by atoms with Crippen molar-refractivity contribution in [2.45, 2.75) is 0 Å². The van der Waals surface area contributed by atoms with Gasteiger partial charge < -0.3 is 25.2 Å². The number of methoxy groups -OCH3 is 1. The lowest BCUT2D eigenvalue weighted by atomic mass is 10.0. The van der Waals surface area contributed by atoms with Gasteiger partial charge in [-0.05, 0) is 25.3 Å². The Labute approximate surface area is 220 Å². The maximum Gasteiger partial charge on any atom is 0.247 e. The summed E-state index contributed by atoms with van der Waals surface area (Å²) in [5.41, 5.74) is 4.05. The number of rotatable bonds is 7. The summed E-state index contributed by atoms with van der Waals surface area (Å²) < 4.78 is 19.6. The van der Waals surface area contributed by atoms with Gasteiger partial charge in [-0.15, -0.1) is 0 Å². The van der Waals surface area contributed by atoms with E-state index in [1.807, 2.05) is 30.3 Å². The van der Waals surface area contributed by atoms with Crippen LogP contribution in [0.4, 0.5) is 27.4 Å². The van der Waals surface area contributed by atoms with Crippen molar-refractivity contribution in [1.82, 2.24) is 19.9 Å². The van der Waals surface area contributed by atoms with Gasteiger partial charge in [0.25, 0.3) is 0 Å². The van der Waals surface area contributed by atoms with Crippen molar-refractivity contribution in [3.8, 4) is 16.9 Å². The van der Waals surface area contributed by atoms with Crippen molar-refractivity contribution in [3.63, 3.8) is 0 Å². The first-order valence-electron chi connectivity index (χ1n) is 12.2. The summed E-state index contributed by atoms with van der Waals surface area (Å²) in [7, 11) is 3.68. The first kappa shape index (κ1) is 25.1. The minimum atomic E-state index is -0.425. The second-order valence-electron chi connectivity index (χ2n) is 9.01. The van der Waals surface area contributed by atoms with E-state index in [0.717, 1.165) is 49.0 Å². The van der Waals surface area contributed by atoms with E-state index in [1.54, 1.807) is 19.5 Å². The molecule has 2 aromatic heterocycles. The maximum absolute atomic E-state index is 13.9. The predicted octanol–water partition coefficient (Wildman–Crippen LogP) is 4.46. The van der Waals surface area contributed by atoms with E-state index in [-0.39, 0.29) is 5.91 Å². The standard InChI is InChI=1S/C28H28FN7O2/c1-4-26(37)32-22-13-23(25(38-3)14-24(22)36-10-8-35(2)9-11-36)33-28-31-16-18-6-5-7-21(27(18)34-28)19-12-20(29)17-30-15-19/h4-7,12-17H,1,8-11H2,2-3H3,(H,32,37)(H,31,33,34). The number of piperazine rings is 1. The maximum atomic E-state index is 13.9. The van der Waals surface area contributed by atoms with E-state index in [1.165, 1.54) is 12.1 Å². The van der Waals surface area contributed by atoms with E-state index < -0.39 is 5.82 Å². The number of hydrogen-bond acceptors (Lipinski definition) is 8. The van der Waals surface area contributed by atoms with Crippen molar-refractivity contribution < 1.29 is 13.9 Å². The fourth-order valence-electron chi connectivity index (χ4n) is 4.46. The lowest BCUT2D eigenvalue weighted by molar-refractivity contribution is -0.111. The van der Waals surface area contributed by atoms with Crippen LogP contribution in [0, 0.1) is 5.82 Å². The summed E-state index contributed by atoms with van der Waals surface area (Å²) in [6, 6.07) is 10.8. The average Bonchev–Trinajstić information content (AvgIpc) is 2.93. The number of halogens is 1. The van der Waals surface area contributed by atoms with Gasteiger partial charge in [0.15, 0.2) is 0 Å². The quantitative estimate of drug-likeness (QED) is 0.350. The van der Waals surface area contributed by atoms with Crippen molar-refractivity contribution in [1.29, 1.82) is 0 Å². The number of ether oxygens (including phenoxy) is 1. The molecule has 4 aromatic rings. The SMILES string of the molecule is C=CC(=O)Nc1cc(Nc2ncc3cccc(-c4cncc(F)c4)c3n2)c(OC)cc1N1CCN(C)CC1. The minimum absolute atomic E-state index is 0.313. The molecule has 1 aliphatic heterocycles. The fraction of sp³-hybridized carbons (Fsp3) is 0.214. The Hall–Kier alpha value is -4.57. The number of benzene rings is 2. The first-order chi connectivity index (χ1) is 18.4. The number of fused-ring (bicyclic) bond motifs is 1. The third-order valence-electron chi connectivity index (χ3n) is 6.48. The highest BCUT2D eigenvalue weighted by Crippen LogP contribution is 2.39. The van der Waals surface area contributed by atoms with E-state index in [4.69, 9.17) is 9.72 Å². The Kier molecular flexibility index (Phi) is 7.14. The smallest absolute Gasteiger partial charge is 0.247 e. The third-order valence-corrected chi connectivity index (χ3v) is 6.48. The van der Waals surface area contributed by atoms with Gasteiger partial charge in [-0.2, -0.15) is 0 Å². The Bertz CT molecular complexity index is 1500. The lowest BCUT2D eigenvalue weighted by Gasteiger charge is -2.35. The summed E-state index contributed by atoms with van der Waals surface area (Å²) in [4.78, 5) is 29.9. The second-order valence-corrected chi connectivity index (χ2v) is 9.01. The highest BCUT2D eigenvalue weighted by molar-refractivity contribution is 6.02. The zero-order chi connectivity index (χ0) is 26.6. The minimum Gasteiger partial charge on any atom is -0.494 e. The highest BCUT2D eigenvalue weighted by Gasteiger charge is 2.21. The summed E-state index contributed by atoms with van der Waals surface area (Å²) in [6.07, 6.45) is 5.70. The van der Waals surface area contributed by atoms with Crippen LogP contribution in [0.5, 0.6) is 5.75 Å². The molecule has 9 nitrogen and oxygen atoms in total. The van der Waals surface area contributed by atoms with Crippen LogP contribution >= 0.6 is 0 Å². The summed E-state index contributed by atoms with van der Waals surface area (Å²) in [5, 5.41) is 6.95. The number of likely N-dealkylation sites (N-methyl/N-ethyl adjacent to an activating group) is 1. The molecule has 5 rings (SSSR count). The molecule has 0 saturated carbocycles. The van der Waals surface area contributed by atoms with Crippen LogP contribution in [0.25, 0.3) is 22.0 Å². The number of carbonyl (C=O) groups excluding carboxylic acids is 1. The molecule has 1 amide bonds. The number of pyridine rings is 1. The predicted molar refractivity (Wildman–Crippen MR) is 148 cm³/mol. The van der Waals surface area contributed by atoms with E-state index >= 15 is 0 Å². The number of nitrogens with one attached hydrogen (secondary N) is 2. The molecule has 3 heterocycles. The van der Waals surface area contributed by atoms with Gasteiger partial charge in [-0.3, -0.25) is 9.78 Å². The number of anilines is 4. The van der Waals surface area contributed by atoms with Crippen LogP contribution in [0.1, 0.15) is 0 Å². The molecule has 194 valence electrons. The molecule has 1 aliphatic rings. The largest absolute Gasteiger partial charge is 0.494 e. The third kappa shape index (κ3) is 5.25. The Morgan fingerprint density at radius 1 is 1.11 bits per heavy atom. The number of para-hydroxylation sites is 1. The molecule has 0 spiro atoms. The van der Waals surface area contributed by atoms with Gasteiger partial charge in [0.05, 0.1) is 35.9 Å². The second kappa shape index (κ2) is 10.8. The van der Waals surface area contributed by atoms with Gasteiger partial charge in [-0.1, -0.05) is 24.8 Å². The molecule has 0 aliphatic carbocycles. The Morgan fingerprint density at radius 3 is 2.66 bits per heavy atom. The number of hydrogen-bond donors (Lipinski definition) is 2. The molecule has 0 atom stereocenters. The molecule has 2 N–H and O–H groups in total. The van der Waals surface area contributed by atoms with Crippen LogP contribution in [-0.2, 0) is 4.79 Å². The molecule has 0 bridgehead atoms. The van der Waals surface area contributed by atoms with Crippen LogP contribution in [0.2, 0.25) is 0 Å². The number of aromatic nitrogens is 3. The lowest BCUT2D eigenvalue weighted by Crippen LogP contribution is -2.44. The van der Waals surface area contributed by atoms with Gasteiger partial charge >= 0.3 is 0 Å². The number of amides is 1. The molecule has 0 unspecified atom stereocenters. The van der Waals surface area contributed by atoms with E-state index in [2.05, 4.69) is 44.0 Å². The van der Waals surface area contributed by atoms with Crippen molar-refractivity contribution in [3.05, 3.63) is 73.5 Å². The molecular formula is C28H28FN7O2. The van der Waals surface area contributed by atoms with Crippen LogP contribution in [0.15, 0.2) is 67.6 Å². The zero-order valence-corrected chi connectivity index (χ0v) is 21.2. The van der Waals surface area contributed by atoms with Gasteiger partial charge in [0.2, 0.25) is 11.9 Å². The molecule has 10 heteroatoms. The average molecular weight is 514 g/mol. The molecule has 38 heavy (non-hydrogen) atoms. The topological polar surface area (TPSA) is 95.5 Å². The van der Waals surface area contributed by atoms with Crippen LogP contribution < -0.4 is 20.3 Å². The summed E-state index contributed by atoms with van der Waals surface area (Å²) >= 11 is 0. The molecule has 1 fully saturated rings. The van der Waals surface area contributed by atoms with Gasteiger partial charge in [-0.25, -0.2) is 14.4 Å². The number of carbonyl (C=O) groups is 1. The van der Waals surface area contributed by atoms with Crippen molar-refractivity contribution in [2.24, 2.45) is 0 Å². The van der Waals surface area contributed by atoms with Crippen molar-refractivity contribution >= 4 is 39.8 Å². The Balaban J connectivity index is 1.54. The van der Waals surface area contributed by atoms with E-state index in [0.29, 0.717) is 34.2 Å². The number of nitrogens with zero attached hydrogens (tertiary/aromatic N) is 5. The van der Waals surface area contributed by atoms with Gasteiger partial charge in [0, 0.05) is 61.2 Å².